The summed E-state index contributed by atoms with van der Waals surface area (Å²) < 4.78 is 11.3. The maximum atomic E-state index is 5.71. The maximum Gasteiger partial charge on any atom is 0.130 e. The summed E-state index contributed by atoms with van der Waals surface area (Å²) in [6.07, 6.45) is -0.0803. The molecule has 0 aliphatic heterocycles. The van der Waals surface area contributed by atoms with Gasteiger partial charge in [0, 0.05) is 23.5 Å². The Balaban J connectivity index is 1.86. The van der Waals surface area contributed by atoms with Crippen LogP contribution in [0.2, 0.25) is 0 Å². The number of nitrogen functional groups attached to an aromatic ring is 2. The highest BCUT2D eigenvalue weighted by Gasteiger charge is 2.05. The van der Waals surface area contributed by atoms with E-state index < -0.39 is 0 Å². The van der Waals surface area contributed by atoms with Crippen LogP contribution in [-0.2, 0) is 0 Å². The summed E-state index contributed by atoms with van der Waals surface area (Å²) in [5.74, 6) is 1.48. The van der Waals surface area contributed by atoms with Crippen molar-refractivity contribution in [2.45, 2.75) is 13.0 Å². The molecule has 0 bridgehead atoms. The summed E-state index contributed by atoms with van der Waals surface area (Å²) in [4.78, 5) is 0. The number of rotatable bonds is 5. The molecule has 4 heteroatoms. The topological polar surface area (TPSA) is 70.5 Å². The summed E-state index contributed by atoms with van der Waals surface area (Å²) in [5.41, 5.74) is 12.7. The van der Waals surface area contributed by atoms with Crippen molar-refractivity contribution in [1.82, 2.24) is 0 Å². The fourth-order valence-electron chi connectivity index (χ4n) is 1.67. The van der Waals surface area contributed by atoms with E-state index >= 15 is 0 Å². The second kappa shape index (κ2) is 6.00. The van der Waals surface area contributed by atoms with E-state index in [4.69, 9.17) is 20.9 Å². The van der Waals surface area contributed by atoms with Gasteiger partial charge in [-0.25, -0.2) is 0 Å². The lowest BCUT2D eigenvalue weighted by molar-refractivity contribution is 0.143. The predicted octanol–water partition coefficient (Wildman–Crippen LogP) is 2.70. The normalized spacial score (nSPS) is 11.8. The zero-order chi connectivity index (χ0) is 13.7. The van der Waals surface area contributed by atoms with Gasteiger partial charge in [0.25, 0.3) is 0 Å². The van der Waals surface area contributed by atoms with Crippen LogP contribution in [0.15, 0.2) is 48.5 Å². The van der Waals surface area contributed by atoms with Crippen molar-refractivity contribution in [1.29, 1.82) is 0 Å². The van der Waals surface area contributed by atoms with E-state index in [9.17, 15) is 0 Å². The highest BCUT2D eigenvalue weighted by molar-refractivity contribution is 5.44. The van der Waals surface area contributed by atoms with Crippen LogP contribution in [0.3, 0.4) is 0 Å². The molecule has 0 fully saturated rings. The first kappa shape index (κ1) is 13.1. The van der Waals surface area contributed by atoms with Crippen molar-refractivity contribution in [2.75, 3.05) is 18.1 Å². The number of hydrogen-bond acceptors (Lipinski definition) is 4. The molecule has 100 valence electrons. The molecule has 0 saturated carbocycles. The van der Waals surface area contributed by atoms with Crippen LogP contribution < -0.4 is 20.9 Å². The molecule has 1 atom stereocenters. The summed E-state index contributed by atoms with van der Waals surface area (Å²) in [7, 11) is 0. The Morgan fingerprint density at radius 1 is 0.947 bits per heavy atom. The molecule has 0 saturated heterocycles. The minimum Gasteiger partial charge on any atom is -0.490 e. The van der Waals surface area contributed by atoms with Crippen LogP contribution in [0.1, 0.15) is 6.92 Å². The first-order chi connectivity index (χ1) is 9.13. The lowest BCUT2D eigenvalue weighted by Crippen LogP contribution is -2.21. The molecule has 0 radical (unpaired) electrons. The lowest BCUT2D eigenvalue weighted by atomic mass is 10.3. The molecule has 2 rings (SSSR count). The van der Waals surface area contributed by atoms with E-state index in [0.29, 0.717) is 18.0 Å². The summed E-state index contributed by atoms with van der Waals surface area (Å²) in [6.45, 7) is 2.38. The molecule has 4 N–H and O–H groups in total. The van der Waals surface area contributed by atoms with Gasteiger partial charge in [-0.3, -0.25) is 0 Å². The molecule has 4 nitrogen and oxygen atoms in total. The molecule has 2 aromatic carbocycles. The summed E-state index contributed by atoms with van der Waals surface area (Å²) in [5, 5.41) is 0. The Bertz CT molecular complexity index is 543. The second-order valence-corrected chi connectivity index (χ2v) is 4.38. The number of anilines is 2. The van der Waals surface area contributed by atoms with Crippen molar-refractivity contribution >= 4 is 11.4 Å². The van der Waals surface area contributed by atoms with Gasteiger partial charge in [0.05, 0.1) is 0 Å². The average molecular weight is 258 g/mol. The van der Waals surface area contributed by atoms with Gasteiger partial charge >= 0.3 is 0 Å². The molecule has 0 heterocycles. The van der Waals surface area contributed by atoms with Crippen molar-refractivity contribution in [3.63, 3.8) is 0 Å². The summed E-state index contributed by atoms with van der Waals surface area (Å²) in [6, 6.07) is 14.7. The molecular formula is C15H18N2O2. The first-order valence-electron chi connectivity index (χ1n) is 6.14. The Morgan fingerprint density at radius 2 is 1.53 bits per heavy atom. The monoisotopic (exact) mass is 258 g/mol. The molecule has 19 heavy (non-hydrogen) atoms. The van der Waals surface area contributed by atoms with Gasteiger partial charge in [-0.15, -0.1) is 0 Å². The molecule has 0 aliphatic rings. The van der Waals surface area contributed by atoms with Crippen LogP contribution >= 0.6 is 0 Å². The molecular weight excluding hydrogens is 240 g/mol. The van der Waals surface area contributed by atoms with Gasteiger partial charge in [0.15, 0.2) is 0 Å². The third-order valence-electron chi connectivity index (χ3n) is 2.54. The largest absolute Gasteiger partial charge is 0.490 e. The predicted molar refractivity (Wildman–Crippen MR) is 77.3 cm³/mol. The maximum absolute atomic E-state index is 5.71. The number of hydrogen-bond donors (Lipinski definition) is 2. The Hall–Kier alpha value is -2.36. The van der Waals surface area contributed by atoms with E-state index in [0.717, 1.165) is 11.5 Å². The van der Waals surface area contributed by atoms with Crippen LogP contribution in [-0.4, -0.2) is 12.7 Å². The zero-order valence-electron chi connectivity index (χ0n) is 10.9. The molecule has 0 aliphatic carbocycles. The summed E-state index contributed by atoms with van der Waals surface area (Å²) >= 11 is 0. The van der Waals surface area contributed by atoms with Crippen LogP contribution in [0.25, 0.3) is 0 Å². The minimum absolute atomic E-state index is 0.0803. The second-order valence-electron chi connectivity index (χ2n) is 4.38. The van der Waals surface area contributed by atoms with Gasteiger partial charge in [-0.2, -0.15) is 0 Å². The van der Waals surface area contributed by atoms with Crippen LogP contribution in [0.5, 0.6) is 11.5 Å². The van der Waals surface area contributed by atoms with Gasteiger partial charge in [0.1, 0.15) is 24.2 Å². The molecule has 2 aromatic rings. The van der Waals surface area contributed by atoms with Crippen molar-refractivity contribution in [3.05, 3.63) is 48.5 Å². The zero-order valence-corrected chi connectivity index (χ0v) is 10.9. The molecule has 1 unspecified atom stereocenters. The Kier molecular flexibility index (Phi) is 4.13. The SMILES string of the molecule is CC(COc1cccc(N)c1)Oc1cccc(N)c1. The molecule has 0 amide bonds. The van der Waals surface area contributed by atoms with E-state index in [-0.39, 0.29) is 6.10 Å². The fourth-order valence-corrected chi connectivity index (χ4v) is 1.67. The highest BCUT2D eigenvalue weighted by atomic mass is 16.5. The van der Waals surface area contributed by atoms with E-state index in [2.05, 4.69) is 0 Å². The standard InChI is InChI=1S/C15H18N2O2/c1-11(19-15-7-3-5-13(17)9-15)10-18-14-6-2-4-12(16)8-14/h2-9,11H,10,16-17H2,1H3. The minimum atomic E-state index is -0.0803. The number of ether oxygens (including phenoxy) is 2. The lowest BCUT2D eigenvalue weighted by Gasteiger charge is -2.16. The van der Waals surface area contributed by atoms with Gasteiger partial charge in [-0.1, -0.05) is 12.1 Å². The third kappa shape index (κ3) is 4.10. The number of benzene rings is 2. The number of nitrogens with two attached hydrogens (primary N) is 2. The van der Waals surface area contributed by atoms with Crippen molar-refractivity contribution < 1.29 is 9.47 Å². The third-order valence-corrected chi connectivity index (χ3v) is 2.54. The van der Waals surface area contributed by atoms with E-state index in [1.54, 1.807) is 12.1 Å². The Morgan fingerprint density at radius 3 is 2.16 bits per heavy atom. The van der Waals surface area contributed by atoms with Crippen LogP contribution in [0.4, 0.5) is 11.4 Å². The van der Waals surface area contributed by atoms with Gasteiger partial charge in [-0.05, 0) is 31.2 Å². The van der Waals surface area contributed by atoms with Crippen molar-refractivity contribution in [2.24, 2.45) is 0 Å². The van der Waals surface area contributed by atoms with Gasteiger partial charge in [0.2, 0.25) is 0 Å². The van der Waals surface area contributed by atoms with E-state index in [1.165, 1.54) is 0 Å². The van der Waals surface area contributed by atoms with Crippen LogP contribution in [0, 0.1) is 0 Å². The van der Waals surface area contributed by atoms with Gasteiger partial charge < -0.3 is 20.9 Å². The molecule has 0 aromatic heterocycles. The Labute approximate surface area is 112 Å². The van der Waals surface area contributed by atoms with Crippen molar-refractivity contribution in [3.8, 4) is 11.5 Å². The first-order valence-corrected chi connectivity index (χ1v) is 6.14. The highest BCUT2D eigenvalue weighted by Crippen LogP contribution is 2.18. The fraction of sp³-hybridized carbons (Fsp3) is 0.200. The quantitative estimate of drug-likeness (QED) is 0.809. The van der Waals surface area contributed by atoms with E-state index in [1.807, 2.05) is 43.3 Å². The molecule has 0 spiro atoms. The smallest absolute Gasteiger partial charge is 0.130 e. The average Bonchev–Trinajstić information content (AvgIpc) is 2.36.